The summed E-state index contributed by atoms with van der Waals surface area (Å²) >= 11 is 1.50. The number of hydrogen-bond acceptors (Lipinski definition) is 6. The Kier molecular flexibility index (Phi) is 6.70. The lowest BCUT2D eigenvalue weighted by atomic mass is 10.0. The Morgan fingerprint density at radius 1 is 1.16 bits per heavy atom. The molecule has 2 heterocycles. The fourth-order valence-corrected chi connectivity index (χ4v) is 4.22. The Bertz CT molecular complexity index is 1110. The molecule has 1 aliphatic heterocycles. The number of benzene rings is 2. The Morgan fingerprint density at radius 2 is 1.97 bits per heavy atom. The van der Waals surface area contributed by atoms with Gasteiger partial charge in [0.25, 0.3) is 11.8 Å². The van der Waals surface area contributed by atoms with Crippen molar-refractivity contribution >= 4 is 28.8 Å². The maximum atomic E-state index is 12.9. The maximum absolute atomic E-state index is 12.9. The maximum Gasteiger partial charge on any atom is 0.255 e. The zero-order valence-electron chi connectivity index (χ0n) is 18.1. The standard InChI is InChI=1S/C24H25N3O4S/c1-16-19(24(29)27-10-3-4-11-27)6-5-7-20(16)26-23(28)17-8-9-21(22(12-17)30-2)31-13-18-14-32-15-25-18/h5-9,12,14-15H,3-4,10-11,13H2,1-2H3,(H,26,28). The second-order valence-electron chi connectivity index (χ2n) is 7.57. The van der Waals surface area contributed by atoms with Crippen molar-refractivity contribution in [3.8, 4) is 11.5 Å². The van der Waals surface area contributed by atoms with Crippen molar-refractivity contribution in [1.82, 2.24) is 9.88 Å². The Labute approximate surface area is 191 Å². The second kappa shape index (κ2) is 9.82. The van der Waals surface area contributed by atoms with Gasteiger partial charge in [0.1, 0.15) is 6.61 Å². The number of likely N-dealkylation sites (tertiary alicyclic amines) is 1. The molecule has 1 aromatic heterocycles. The van der Waals surface area contributed by atoms with Gasteiger partial charge in [-0.3, -0.25) is 9.59 Å². The number of rotatable bonds is 7. The second-order valence-corrected chi connectivity index (χ2v) is 8.28. The number of nitrogens with one attached hydrogen (secondary N) is 1. The van der Waals surface area contributed by atoms with Crippen LogP contribution in [0.1, 0.15) is 44.8 Å². The molecule has 2 aromatic carbocycles. The van der Waals surface area contributed by atoms with Gasteiger partial charge in [0.2, 0.25) is 0 Å². The number of anilines is 1. The minimum absolute atomic E-state index is 0.0133. The van der Waals surface area contributed by atoms with E-state index in [1.807, 2.05) is 23.3 Å². The highest BCUT2D eigenvalue weighted by Gasteiger charge is 2.22. The molecule has 8 heteroatoms. The summed E-state index contributed by atoms with van der Waals surface area (Å²) in [5.41, 5.74) is 5.00. The van der Waals surface area contributed by atoms with Crippen LogP contribution in [0.4, 0.5) is 5.69 Å². The fraction of sp³-hybridized carbons (Fsp3) is 0.292. The minimum atomic E-state index is -0.289. The zero-order valence-corrected chi connectivity index (χ0v) is 18.9. The molecule has 1 aliphatic rings. The van der Waals surface area contributed by atoms with Crippen molar-refractivity contribution in [1.29, 1.82) is 0 Å². The van der Waals surface area contributed by atoms with Gasteiger partial charge in [0.15, 0.2) is 11.5 Å². The highest BCUT2D eigenvalue weighted by Crippen LogP contribution is 2.30. The van der Waals surface area contributed by atoms with Crippen LogP contribution in [0.3, 0.4) is 0 Å². The van der Waals surface area contributed by atoms with E-state index in [2.05, 4.69) is 10.3 Å². The van der Waals surface area contributed by atoms with Gasteiger partial charge in [0.05, 0.1) is 18.3 Å². The Hall–Kier alpha value is -3.39. The lowest BCUT2D eigenvalue weighted by Crippen LogP contribution is -2.28. The Balaban J connectivity index is 1.48. The summed E-state index contributed by atoms with van der Waals surface area (Å²) in [6, 6.07) is 10.4. The van der Waals surface area contributed by atoms with Crippen LogP contribution >= 0.6 is 11.3 Å². The molecular formula is C24H25N3O4S. The van der Waals surface area contributed by atoms with Crippen molar-refractivity contribution in [2.75, 3.05) is 25.5 Å². The van der Waals surface area contributed by atoms with Crippen LogP contribution in [0.2, 0.25) is 0 Å². The van der Waals surface area contributed by atoms with Gasteiger partial charge in [-0.25, -0.2) is 4.98 Å². The van der Waals surface area contributed by atoms with E-state index in [4.69, 9.17) is 9.47 Å². The third-order valence-corrected chi connectivity index (χ3v) is 6.13. The van der Waals surface area contributed by atoms with E-state index in [0.29, 0.717) is 34.9 Å². The van der Waals surface area contributed by atoms with E-state index in [0.717, 1.165) is 37.2 Å². The number of aromatic nitrogens is 1. The first-order chi connectivity index (χ1) is 15.6. The third-order valence-electron chi connectivity index (χ3n) is 5.49. The molecule has 1 fully saturated rings. The number of hydrogen-bond donors (Lipinski definition) is 1. The number of methoxy groups -OCH3 is 1. The number of carbonyl (C=O) groups excluding carboxylic acids is 2. The molecule has 166 valence electrons. The fourth-order valence-electron chi connectivity index (χ4n) is 3.68. The lowest BCUT2D eigenvalue weighted by molar-refractivity contribution is 0.0791. The van der Waals surface area contributed by atoms with E-state index < -0.39 is 0 Å². The molecule has 2 amide bonds. The predicted molar refractivity (Wildman–Crippen MR) is 124 cm³/mol. The number of carbonyl (C=O) groups is 2. The number of ether oxygens (including phenoxy) is 2. The van der Waals surface area contributed by atoms with Crippen molar-refractivity contribution in [3.63, 3.8) is 0 Å². The van der Waals surface area contributed by atoms with E-state index in [1.165, 1.54) is 18.4 Å². The quantitative estimate of drug-likeness (QED) is 0.571. The summed E-state index contributed by atoms with van der Waals surface area (Å²) in [7, 11) is 1.53. The van der Waals surface area contributed by atoms with Gasteiger partial charge in [-0.2, -0.15) is 0 Å². The first kappa shape index (κ1) is 21.8. The molecule has 1 saturated heterocycles. The summed E-state index contributed by atoms with van der Waals surface area (Å²) in [5, 5.41) is 4.84. The lowest BCUT2D eigenvalue weighted by Gasteiger charge is -2.18. The van der Waals surface area contributed by atoms with Crippen LogP contribution in [0.25, 0.3) is 0 Å². The van der Waals surface area contributed by atoms with Crippen LogP contribution in [0.15, 0.2) is 47.3 Å². The molecule has 1 N–H and O–H groups in total. The van der Waals surface area contributed by atoms with Crippen molar-refractivity contribution in [3.05, 3.63) is 69.7 Å². The molecule has 0 unspecified atom stereocenters. The molecular weight excluding hydrogens is 426 g/mol. The average Bonchev–Trinajstić information content (AvgIpc) is 3.53. The molecule has 7 nitrogen and oxygen atoms in total. The molecule has 0 bridgehead atoms. The number of thiazole rings is 1. The normalized spacial score (nSPS) is 13.1. The van der Waals surface area contributed by atoms with Crippen molar-refractivity contribution in [2.24, 2.45) is 0 Å². The van der Waals surface area contributed by atoms with Crippen LogP contribution in [-0.4, -0.2) is 41.9 Å². The number of amides is 2. The molecule has 0 spiro atoms. The van der Waals surface area contributed by atoms with Crippen LogP contribution < -0.4 is 14.8 Å². The molecule has 0 radical (unpaired) electrons. The Morgan fingerprint density at radius 3 is 2.69 bits per heavy atom. The van der Waals surface area contributed by atoms with Gasteiger partial charge in [-0.05, 0) is 55.7 Å². The van der Waals surface area contributed by atoms with Gasteiger partial charge in [-0.1, -0.05) is 6.07 Å². The van der Waals surface area contributed by atoms with Gasteiger partial charge in [0, 0.05) is 35.3 Å². The summed E-state index contributed by atoms with van der Waals surface area (Å²) in [6.45, 7) is 3.74. The molecule has 0 atom stereocenters. The molecule has 0 aliphatic carbocycles. The van der Waals surface area contributed by atoms with Crippen LogP contribution in [0.5, 0.6) is 11.5 Å². The minimum Gasteiger partial charge on any atom is -0.493 e. The predicted octanol–water partition coefficient (Wildman–Crippen LogP) is 4.53. The molecule has 32 heavy (non-hydrogen) atoms. The average molecular weight is 452 g/mol. The molecule has 4 rings (SSSR count). The zero-order chi connectivity index (χ0) is 22.5. The van der Waals surface area contributed by atoms with E-state index >= 15 is 0 Å². The van der Waals surface area contributed by atoms with Gasteiger partial charge in [-0.15, -0.1) is 11.3 Å². The smallest absolute Gasteiger partial charge is 0.255 e. The summed E-state index contributed by atoms with van der Waals surface area (Å²) < 4.78 is 11.2. The topological polar surface area (TPSA) is 80.8 Å². The summed E-state index contributed by atoms with van der Waals surface area (Å²) in [6.07, 6.45) is 2.07. The monoisotopic (exact) mass is 451 g/mol. The highest BCUT2D eigenvalue weighted by molar-refractivity contribution is 7.07. The van der Waals surface area contributed by atoms with E-state index in [1.54, 1.807) is 35.8 Å². The number of nitrogens with zero attached hydrogens (tertiary/aromatic N) is 2. The van der Waals surface area contributed by atoms with E-state index in [9.17, 15) is 9.59 Å². The largest absolute Gasteiger partial charge is 0.493 e. The van der Waals surface area contributed by atoms with Gasteiger partial charge < -0.3 is 19.7 Å². The van der Waals surface area contributed by atoms with Gasteiger partial charge >= 0.3 is 0 Å². The third kappa shape index (κ3) is 4.75. The first-order valence-corrected chi connectivity index (χ1v) is 11.4. The molecule has 0 saturated carbocycles. The SMILES string of the molecule is COc1cc(C(=O)Nc2cccc(C(=O)N3CCCC3)c2C)ccc1OCc1cscn1. The molecule has 3 aromatic rings. The summed E-state index contributed by atoms with van der Waals surface area (Å²) in [5.74, 6) is 0.719. The highest BCUT2D eigenvalue weighted by atomic mass is 32.1. The first-order valence-electron chi connectivity index (χ1n) is 10.4. The van der Waals surface area contributed by atoms with Crippen molar-refractivity contribution < 1.29 is 19.1 Å². The van der Waals surface area contributed by atoms with E-state index in [-0.39, 0.29) is 11.8 Å². The van der Waals surface area contributed by atoms with Crippen LogP contribution in [-0.2, 0) is 6.61 Å². The summed E-state index contributed by atoms with van der Waals surface area (Å²) in [4.78, 5) is 31.8. The van der Waals surface area contributed by atoms with Crippen molar-refractivity contribution in [2.45, 2.75) is 26.4 Å². The van der Waals surface area contributed by atoms with Crippen LogP contribution in [0, 0.1) is 6.92 Å².